The molecule has 0 aromatic rings. The van der Waals surface area contributed by atoms with Crippen molar-refractivity contribution < 1.29 is 50.3 Å². The lowest BCUT2D eigenvalue weighted by atomic mass is 9.50. The zero-order valence-corrected chi connectivity index (χ0v) is 17.7. The first kappa shape index (κ1) is 25.9. The molecular weight excluding hydrogens is 400 g/mol. The molecule has 1 saturated heterocycles. The van der Waals surface area contributed by atoms with Gasteiger partial charge in [0.05, 0.1) is 50.3 Å². The van der Waals surface area contributed by atoms with Crippen LogP contribution in [0.2, 0.25) is 0 Å². The van der Waals surface area contributed by atoms with E-state index in [9.17, 15) is 35.7 Å². The normalized spacial score (nSPS) is 45.0. The van der Waals surface area contributed by atoms with Crippen molar-refractivity contribution >= 4 is 0 Å². The lowest BCUT2D eigenvalue weighted by molar-refractivity contribution is -0.269. The van der Waals surface area contributed by atoms with Gasteiger partial charge in [0.1, 0.15) is 12.2 Å². The number of hydrogen-bond donors (Lipinski definition) is 8. The van der Waals surface area contributed by atoms with Crippen LogP contribution in [0, 0.1) is 23.2 Å². The fraction of sp³-hybridized carbons (Fsp3) is 1.00. The zero-order chi connectivity index (χ0) is 22.7. The molecule has 10 nitrogen and oxygen atoms in total. The van der Waals surface area contributed by atoms with Crippen LogP contribution in [0.25, 0.3) is 0 Å². The van der Waals surface area contributed by atoms with Crippen LogP contribution in [0.3, 0.4) is 0 Å². The van der Waals surface area contributed by atoms with Gasteiger partial charge in [0.25, 0.3) is 0 Å². The van der Waals surface area contributed by atoms with Crippen molar-refractivity contribution in [3.63, 3.8) is 0 Å². The molecule has 0 spiro atoms. The molecule has 30 heavy (non-hydrogen) atoms. The van der Waals surface area contributed by atoms with Crippen molar-refractivity contribution in [2.75, 3.05) is 39.6 Å². The Morgan fingerprint density at radius 3 is 2.37 bits per heavy atom. The van der Waals surface area contributed by atoms with E-state index in [1.165, 1.54) is 0 Å². The van der Waals surface area contributed by atoms with Crippen LogP contribution in [0.5, 0.6) is 0 Å². The fourth-order valence-corrected chi connectivity index (χ4v) is 4.95. The van der Waals surface area contributed by atoms with Gasteiger partial charge in [-0.1, -0.05) is 13.8 Å². The number of aliphatic hydroxyl groups excluding tert-OH is 7. The van der Waals surface area contributed by atoms with Gasteiger partial charge in [0.2, 0.25) is 0 Å². The van der Waals surface area contributed by atoms with Gasteiger partial charge in [-0.05, 0) is 12.8 Å². The molecule has 10 unspecified atom stereocenters. The molecule has 0 radical (unpaired) electrons. The molecule has 10 heteroatoms. The Bertz CT molecular complexity index is 536. The molecule has 1 aliphatic heterocycles. The predicted molar refractivity (Wildman–Crippen MR) is 104 cm³/mol. The molecule has 2 rings (SSSR count). The minimum absolute atomic E-state index is 0.0355. The van der Waals surface area contributed by atoms with Gasteiger partial charge in [0.15, 0.2) is 0 Å². The van der Waals surface area contributed by atoms with Crippen LogP contribution < -0.4 is 0 Å². The molecule has 0 amide bonds. The summed E-state index contributed by atoms with van der Waals surface area (Å²) in [6, 6.07) is 0. The Morgan fingerprint density at radius 1 is 1.10 bits per heavy atom. The first-order valence-electron chi connectivity index (χ1n) is 10.5. The Hall–Kier alpha value is -0.400. The second-order valence-corrected chi connectivity index (χ2v) is 9.40. The van der Waals surface area contributed by atoms with Crippen molar-refractivity contribution in [3.05, 3.63) is 0 Å². The summed E-state index contributed by atoms with van der Waals surface area (Å²) in [6.45, 7) is 2.66. The second kappa shape index (κ2) is 10.5. The predicted octanol–water partition coefficient (Wildman–Crippen LogP) is -2.78. The topological polar surface area (TPSA) is 180 Å². The number of ether oxygens (including phenoxy) is 2. The molecule has 10 atom stereocenters. The maximum Gasteiger partial charge on any atom is 0.106 e. The van der Waals surface area contributed by atoms with Crippen molar-refractivity contribution in [1.82, 2.24) is 0 Å². The third kappa shape index (κ3) is 5.32. The Balaban J connectivity index is 2.01. The van der Waals surface area contributed by atoms with Crippen molar-refractivity contribution in [2.45, 2.75) is 62.8 Å². The summed E-state index contributed by atoms with van der Waals surface area (Å²) in [5.41, 5.74) is -2.39. The third-order valence-electron chi connectivity index (χ3n) is 6.79. The third-order valence-corrected chi connectivity index (χ3v) is 6.79. The molecule has 178 valence electrons. The molecule has 1 aliphatic carbocycles. The van der Waals surface area contributed by atoms with E-state index in [1.54, 1.807) is 13.8 Å². The highest BCUT2D eigenvalue weighted by Crippen LogP contribution is 2.55. The lowest BCUT2D eigenvalue weighted by Crippen LogP contribution is -2.69. The Morgan fingerprint density at radius 2 is 1.77 bits per heavy atom. The van der Waals surface area contributed by atoms with E-state index in [1.807, 2.05) is 0 Å². The highest BCUT2D eigenvalue weighted by molar-refractivity contribution is 5.12. The Labute approximate surface area is 176 Å². The average molecular weight is 439 g/mol. The van der Waals surface area contributed by atoms with Crippen LogP contribution in [-0.2, 0) is 9.47 Å². The van der Waals surface area contributed by atoms with Gasteiger partial charge in [-0.25, -0.2) is 0 Å². The van der Waals surface area contributed by atoms with E-state index in [2.05, 4.69) is 0 Å². The quantitative estimate of drug-likeness (QED) is 0.197. The number of aliphatic hydroxyl groups is 8. The monoisotopic (exact) mass is 438 g/mol. The van der Waals surface area contributed by atoms with Gasteiger partial charge in [-0.3, -0.25) is 0 Å². The maximum absolute atomic E-state index is 11.0. The highest BCUT2D eigenvalue weighted by atomic mass is 16.5. The number of rotatable bonds is 8. The summed E-state index contributed by atoms with van der Waals surface area (Å²) in [7, 11) is 0. The minimum atomic E-state index is -1.54. The molecular formula is C20H38O10. The molecule has 1 heterocycles. The summed E-state index contributed by atoms with van der Waals surface area (Å²) >= 11 is 0. The lowest BCUT2D eigenvalue weighted by Gasteiger charge is -2.60. The van der Waals surface area contributed by atoms with Crippen molar-refractivity contribution in [3.8, 4) is 0 Å². The summed E-state index contributed by atoms with van der Waals surface area (Å²) in [6.07, 6.45) is -6.21. The van der Waals surface area contributed by atoms with Crippen LogP contribution in [-0.4, -0.2) is 117 Å². The zero-order valence-electron chi connectivity index (χ0n) is 17.7. The van der Waals surface area contributed by atoms with Gasteiger partial charge >= 0.3 is 0 Å². The smallest absolute Gasteiger partial charge is 0.106 e. The summed E-state index contributed by atoms with van der Waals surface area (Å²) in [4.78, 5) is 0. The van der Waals surface area contributed by atoms with Gasteiger partial charge in [0, 0.05) is 36.4 Å². The summed E-state index contributed by atoms with van der Waals surface area (Å²) < 4.78 is 11.1. The molecule has 0 aromatic heterocycles. The molecule has 0 bridgehead atoms. The molecule has 2 aliphatic rings. The largest absolute Gasteiger partial charge is 0.396 e. The van der Waals surface area contributed by atoms with Crippen LogP contribution >= 0.6 is 0 Å². The van der Waals surface area contributed by atoms with Crippen molar-refractivity contribution in [2.24, 2.45) is 23.2 Å². The van der Waals surface area contributed by atoms with E-state index in [-0.39, 0.29) is 38.8 Å². The summed E-state index contributed by atoms with van der Waals surface area (Å²) in [5, 5.41) is 80.8. The van der Waals surface area contributed by atoms with Crippen LogP contribution in [0.4, 0.5) is 0 Å². The van der Waals surface area contributed by atoms with E-state index in [4.69, 9.17) is 14.6 Å². The van der Waals surface area contributed by atoms with Crippen molar-refractivity contribution in [1.29, 1.82) is 0 Å². The molecule has 1 saturated carbocycles. The fourth-order valence-electron chi connectivity index (χ4n) is 4.95. The standard InChI is InChI=1S/C20H38O10/c1-11-6-29-4-3-12(15(25)17(27)14(11)24)7-30-10-20(28)8-19(2,9-22)18(20)16(26)13(23)5-21/h11-18,21-28H,3-10H2,1-2H3. The van der Waals surface area contributed by atoms with Gasteiger partial charge in [-0.2, -0.15) is 0 Å². The Kier molecular flexibility index (Phi) is 9.03. The minimum Gasteiger partial charge on any atom is -0.396 e. The SMILES string of the molecule is CC1COCCC(COCC2(O)CC(C)(CO)C2C(O)C(O)CO)C(O)C(O)C1O. The van der Waals surface area contributed by atoms with Gasteiger partial charge in [-0.15, -0.1) is 0 Å². The molecule has 8 N–H and O–H groups in total. The van der Waals surface area contributed by atoms with E-state index in [0.29, 0.717) is 13.0 Å². The number of hydrogen-bond acceptors (Lipinski definition) is 10. The highest BCUT2D eigenvalue weighted by Gasteiger charge is 2.63. The maximum atomic E-state index is 11.0. The molecule has 2 fully saturated rings. The van der Waals surface area contributed by atoms with Crippen LogP contribution in [0.15, 0.2) is 0 Å². The van der Waals surface area contributed by atoms with E-state index < -0.39 is 60.0 Å². The summed E-state index contributed by atoms with van der Waals surface area (Å²) in [5.74, 6) is -1.83. The second-order valence-electron chi connectivity index (χ2n) is 9.40. The van der Waals surface area contributed by atoms with E-state index >= 15 is 0 Å². The van der Waals surface area contributed by atoms with Gasteiger partial charge < -0.3 is 50.3 Å². The van der Waals surface area contributed by atoms with E-state index in [0.717, 1.165) is 0 Å². The van der Waals surface area contributed by atoms with Crippen LogP contribution in [0.1, 0.15) is 26.7 Å². The average Bonchev–Trinajstić information content (AvgIpc) is 2.75. The molecule has 0 aromatic carbocycles. The first-order chi connectivity index (χ1) is 14.0. The first-order valence-corrected chi connectivity index (χ1v) is 10.5.